The maximum Gasteiger partial charge on any atom is 0.134 e. The first kappa shape index (κ1) is 9.53. The summed E-state index contributed by atoms with van der Waals surface area (Å²) in [6.07, 6.45) is 4.12. The topological polar surface area (TPSA) is 43.1 Å². The summed E-state index contributed by atoms with van der Waals surface area (Å²) in [7, 11) is 0. The van der Waals surface area contributed by atoms with Crippen LogP contribution in [0.3, 0.4) is 0 Å². The van der Waals surface area contributed by atoms with Gasteiger partial charge in [-0.15, -0.1) is 0 Å². The molecule has 1 saturated heterocycles. The lowest BCUT2D eigenvalue weighted by Crippen LogP contribution is -2.50. The van der Waals surface area contributed by atoms with Crippen molar-refractivity contribution < 1.29 is 4.79 Å². The third-order valence-electron chi connectivity index (χ3n) is 3.53. The Balaban J connectivity index is 1.99. The van der Waals surface area contributed by atoms with E-state index >= 15 is 0 Å². The minimum atomic E-state index is 0.213. The van der Waals surface area contributed by atoms with Gasteiger partial charge in [-0.05, 0) is 42.2 Å². The molecule has 2 nitrogen and oxygen atoms in total. The number of carbonyl (C=O) groups is 1. The summed E-state index contributed by atoms with van der Waals surface area (Å²) >= 11 is 2.03. The van der Waals surface area contributed by atoms with Gasteiger partial charge in [0.05, 0.1) is 0 Å². The Labute approximate surface area is 83.6 Å². The van der Waals surface area contributed by atoms with E-state index in [2.05, 4.69) is 0 Å². The van der Waals surface area contributed by atoms with Crippen molar-refractivity contribution in [3.63, 3.8) is 0 Å². The number of hydrogen-bond donors (Lipinski definition) is 1. The molecule has 3 heteroatoms. The molecule has 1 unspecified atom stereocenters. The number of carbonyl (C=O) groups excluding carboxylic acids is 1. The molecule has 0 bridgehead atoms. The fourth-order valence-electron chi connectivity index (χ4n) is 2.56. The summed E-state index contributed by atoms with van der Waals surface area (Å²) in [5, 5.41) is 0. The lowest BCUT2D eigenvalue weighted by atomic mass is 9.60. The molecule has 2 aliphatic rings. The highest BCUT2D eigenvalue weighted by Gasteiger charge is 2.48. The Bertz CT molecular complexity index is 203. The van der Waals surface area contributed by atoms with Crippen LogP contribution in [-0.4, -0.2) is 23.8 Å². The van der Waals surface area contributed by atoms with Crippen molar-refractivity contribution in [1.29, 1.82) is 0 Å². The molecule has 0 radical (unpaired) electrons. The van der Waals surface area contributed by atoms with Crippen LogP contribution in [0, 0.1) is 11.3 Å². The quantitative estimate of drug-likeness (QED) is 0.731. The van der Waals surface area contributed by atoms with Gasteiger partial charge in [0.2, 0.25) is 0 Å². The Hall–Kier alpha value is -0.0200. The van der Waals surface area contributed by atoms with Crippen LogP contribution in [0.15, 0.2) is 0 Å². The van der Waals surface area contributed by atoms with Gasteiger partial charge in [0.15, 0.2) is 0 Å². The van der Waals surface area contributed by atoms with E-state index in [0.717, 1.165) is 12.8 Å². The zero-order chi connectivity index (χ0) is 9.31. The van der Waals surface area contributed by atoms with Crippen LogP contribution < -0.4 is 5.73 Å². The molecule has 1 heterocycles. The number of ketones is 1. The second-order valence-corrected chi connectivity index (χ2v) is 5.52. The van der Waals surface area contributed by atoms with E-state index in [1.807, 2.05) is 11.8 Å². The van der Waals surface area contributed by atoms with Crippen LogP contribution in [0.5, 0.6) is 0 Å². The van der Waals surface area contributed by atoms with E-state index in [0.29, 0.717) is 18.2 Å². The number of nitrogens with two attached hydrogens (primary N) is 1. The monoisotopic (exact) mass is 199 g/mol. The normalized spacial score (nSPS) is 32.7. The first-order valence-electron chi connectivity index (χ1n) is 5.06. The summed E-state index contributed by atoms with van der Waals surface area (Å²) in [6.45, 7) is 0.712. The van der Waals surface area contributed by atoms with Gasteiger partial charge in [-0.1, -0.05) is 0 Å². The molecule has 0 spiro atoms. The third-order valence-corrected chi connectivity index (χ3v) is 4.75. The molecule has 1 aliphatic carbocycles. The molecule has 13 heavy (non-hydrogen) atoms. The van der Waals surface area contributed by atoms with Crippen LogP contribution in [0.1, 0.15) is 25.7 Å². The number of Topliss-reactive ketones (excluding diaryl/α,β-unsaturated/α-hetero) is 1. The summed E-state index contributed by atoms with van der Waals surface area (Å²) in [6, 6.07) is 0. The molecular weight excluding hydrogens is 182 g/mol. The highest BCUT2D eigenvalue weighted by Crippen LogP contribution is 2.48. The Kier molecular flexibility index (Phi) is 2.65. The van der Waals surface area contributed by atoms with Crippen LogP contribution >= 0.6 is 11.8 Å². The number of hydrogen-bond acceptors (Lipinski definition) is 3. The fraction of sp³-hybridized carbons (Fsp3) is 0.900. The van der Waals surface area contributed by atoms with E-state index in [9.17, 15) is 4.79 Å². The first-order valence-corrected chi connectivity index (χ1v) is 6.22. The van der Waals surface area contributed by atoms with Crippen molar-refractivity contribution in [3.8, 4) is 0 Å². The highest BCUT2D eigenvalue weighted by atomic mass is 32.2. The molecular formula is C10H17NOS. The SMILES string of the molecule is NCC1(C2CCCSC2)CC(=O)C1. The summed E-state index contributed by atoms with van der Waals surface area (Å²) < 4.78 is 0. The van der Waals surface area contributed by atoms with E-state index < -0.39 is 0 Å². The minimum absolute atomic E-state index is 0.213. The van der Waals surface area contributed by atoms with E-state index in [4.69, 9.17) is 5.73 Å². The Morgan fingerprint density at radius 1 is 1.54 bits per heavy atom. The third kappa shape index (κ3) is 1.64. The van der Waals surface area contributed by atoms with Gasteiger partial charge in [0, 0.05) is 12.8 Å². The van der Waals surface area contributed by atoms with Crippen molar-refractivity contribution in [3.05, 3.63) is 0 Å². The molecule has 2 fully saturated rings. The van der Waals surface area contributed by atoms with E-state index in [-0.39, 0.29) is 5.41 Å². The van der Waals surface area contributed by atoms with Crippen molar-refractivity contribution in [2.45, 2.75) is 25.7 Å². The average Bonchev–Trinajstić information content (AvgIpc) is 2.14. The van der Waals surface area contributed by atoms with E-state index in [1.165, 1.54) is 24.3 Å². The van der Waals surface area contributed by atoms with Crippen molar-refractivity contribution >= 4 is 17.5 Å². The van der Waals surface area contributed by atoms with Crippen LogP contribution in [-0.2, 0) is 4.79 Å². The van der Waals surface area contributed by atoms with Gasteiger partial charge in [-0.25, -0.2) is 0 Å². The molecule has 2 rings (SSSR count). The van der Waals surface area contributed by atoms with Crippen molar-refractivity contribution in [2.75, 3.05) is 18.1 Å². The standard InChI is InChI=1S/C10H17NOS/c11-7-10(4-9(12)5-10)8-2-1-3-13-6-8/h8H,1-7,11H2. The molecule has 0 aromatic heterocycles. The zero-order valence-corrected chi connectivity index (χ0v) is 8.74. The van der Waals surface area contributed by atoms with E-state index in [1.54, 1.807) is 0 Å². The van der Waals surface area contributed by atoms with Crippen molar-refractivity contribution in [1.82, 2.24) is 0 Å². The summed E-state index contributed by atoms with van der Waals surface area (Å²) in [5.41, 5.74) is 6.01. The largest absolute Gasteiger partial charge is 0.330 e. The number of rotatable bonds is 2. The summed E-state index contributed by atoms with van der Waals surface area (Å²) in [4.78, 5) is 11.1. The Morgan fingerprint density at radius 3 is 2.77 bits per heavy atom. The van der Waals surface area contributed by atoms with Crippen LogP contribution in [0.4, 0.5) is 0 Å². The molecule has 0 aromatic rings. The lowest BCUT2D eigenvalue weighted by Gasteiger charge is -2.47. The van der Waals surface area contributed by atoms with Gasteiger partial charge >= 0.3 is 0 Å². The molecule has 0 aromatic carbocycles. The van der Waals surface area contributed by atoms with Gasteiger partial charge in [-0.3, -0.25) is 4.79 Å². The fourth-order valence-corrected chi connectivity index (χ4v) is 3.90. The Morgan fingerprint density at radius 2 is 2.31 bits per heavy atom. The van der Waals surface area contributed by atoms with Gasteiger partial charge in [0.25, 0.3) is 0 Å². The first-order chi connectivity index (χ1) is 6.27. The molecule has 2 N–H and O–H groups in total. The zero-order valence-electron chi connectivity index (χ0n) is 7.92. The molecule has 1 aliphatic heterocycles. The predicted molar refractivity (Wildman–Crippen MR) is 55.8 cm³/mol. The average molecular weight is 199 g/mol. The second-order valence-electron chi connectivity index (χ2n) is 4.37. The molecule has 0 amide bonds. The molecule has 1 atom stereocenters. The summed E-state index contributed by atoms with van der Waals surface area (Å²) in [5.74, 6) is 3.66. The highest BCUT2D eigenvalue weighted by molar-refractivity contribution is 7.99. The van der Waals surface area contributed by atoms with Gasteiger partial charge < -0.3 is 5.73 Å². The second kappa shape index (κ2) is 3.62. The van der Waals surface area contributed by atoms with Crippen LogP contribution in [0.25, 0.3) is 0 Å². The molecule has 74 valence electrons. The van der Waals surface area contributed by atoms with Gasteiger partial charge in [-0.2, -0.15) is 11.8 Å². The smallest absolute Gasteiger partial charge is 0.134 e. The number of thioether (sulfide) groups is 1. The van der Waals surface area contributed by atoms with Crippen molar-refractivity contribution in [2.24, 2.45) is 17.1 Å². The van der Waals surface area contributed by atoms with Crippen LogP contribution in [0.2, 0.25) is 0 Å². The lowest BCUT2D eigenvalue weighted by molar-refractivity contribution is -0.135. The van der Waals surface area contributed by atoms with Gasteiger partial charge in [0.1, 0.15) is 5.78 Å². The minimum Gasteiger partial charge on any atom is -0.330 e. The maximum atomic E-state index is 11.1. The molecule has 1 saturated carbocycles. The maximum absolute atomic E-state index is 11.1. The predicted octanol–water partition coefficient (Wildman–Crippen LogP) is 1.44.